The minimum atomic E-state index is -0.119. The molecule has 1 aliphatic heterocycles. The molecule has 2 aromatic heterocycles. The predicted molar refractivity (Wildman–Crippen MR) is 115 cm³/mol. The van der Waals surface area contributed by atoms with Crippen LogP contribution >= 0.6 is 0 Å². The summed E-state index contributed by atoms with van der Waals surface area (Å²) in [5, 5.41) is 8.93. The Morgan fingerprint density at radius 1 is 0.968 bits per heavy atom. The molecule has 0 saturated carbocycles. The summed E-state index contributed by atoms with van der Waals surface area (Å²) in [6.45, 7) is 4.08. The molecule has 1 amide bonds. The zero-order chi connectivity index (χ0) is 21.6. The summed E-state index contributed by atoms with van der Waals surface area (Å²) < 4.78 is 7.29. The molecule has 0 radical (unpaired) electrons. The number of benzene rings is 1. The fraction of sp³-hybridized carbons (Fsp3) is 0.292. The van der Waals surface area contributed by atoms with E-state index in [4.69, 9.17) is 9.68 Å². The number of hydrogen-bond donors (Lipinski definition) is 0. The van der Waals surface area contributed by atoms with E-state index in [1.54, 1.807) is 35.0 Å². The average Bonchev–Trinajstić information content (AvgIpc) is 3.13. The molecule has 0 bridgehead atoms. The van der Waals surface area contributed by atoms with Gasteiger partial charge in [0, 0.05) is 45.0 Å². The number of carbonyl (C=O) groups is 1. The van der Waals surface area contributed by atoms with Crippen molar-refractivity contribution in [3.05, 3.63) is 93.8 Å². The van der Waals surface area contributed by atoms with Gasteiger partial charge in [-0.3, -0.25) is 14.5 Å². The smallest absolute Gasteiger partial charge is 0.289 e. The Hall–Kier alpha value is -3.63. The molecule has 0 aliphatic carbocycles. The van der Waals surface area contributed by atoms with E-state index in [1.165, 1.54) is 6.07 Å². The maximum Gasteiger partial charge on any atom is 0.289 e. The predicted octanol–water partition coefficient (Wildman–Crippen LogP) is 2.71. The summed E-state index contributed by atoms with van der Waals surface area (Å²) in [4.78, 5) is 29.0. The quantitative estimate of drug-likeness (QED) is 0.639. The molecule has 7 heteroatoms. The van der Waals surface area contributed by atoms with Crippen molar-refractivity contribution in [3.8, 4) is 6.07 Å². The molecule has 1 aliphatic rings. The highest BCUT2D eigenvalue weighted by Gasteiger charge is 2.23. The van der Waals surface area contributed by atoms with Gasteiger partial charge >= 0.3 is 0 Å². The van der Waals surface area contributed by atoms with Crippen LogP contribution in [0.1, 0.15) is 33.9 Å². The molecule has 1 fully saturated rings. The van der Waals surface area contributed by atoms with E-state index < -0.39 is 0 Å². The first-order chi connectivity index (χ1) is 15.1. The lowest BCUT2D eigenvalue weighted by atomic mass is 10.1. The Balaban J connectivity index is 1.35. The van der Waals surface area contributed by atoms with Gasteiger partial charge in [-0.25, -0.2) is 0 Å². The second-order valence-electron chi connectivity index (χ2n) is 7.66. The summed E-state index contributed by atoms with van der Waals surface area (Å²) in [7, 11) is 0. The Kier molecular flexibility index (Phi) is 6.29. The minimum absolute atomic E-state index is 0.110. The lowest BCUT2D eigenvalue weighted by Gasteiger charge is -2.21. The monoisotopic (exact) mass is 416 g/mol. The number of amides is 1. The number of aromatic nitrogens is 1. The van der Waals surface area contributed by atoms with Crippen molar-refractivity contribution in [2.45, 2.75) is 19.5 Å². The number of hydrogen-bond acceptors (Lipinski definition) is 5. The first-order valence-electron chi connectivity index (χ1n) is 10.4. The third-order valence-corrected chi connectivity index (χ3v) is 5.46. The Morgan fingerprint density at radius 2 is 1.81 bits per heavy atom. The Morgan fingerprint density at radius 3 is 2.58 bits per heavy atom. The van der Waals surface area contributed by atoms with Crippen molar-refractivity contribution in [3.63, 3.8) is 0 Å². The fourth-order valence-electron chi connectivity index (χ4n) is 3.77. The third kappa shape index (κ3) is 5.11. The van der Waals surface area contributed by atoms with Crippen LogP contribution in [0.4, 0.5) is 0 Å². The summed E-state index contributed by atoms with van der Waals surface area (Å²) in [5.41, 5.74) is 1.71. The number of nitrogens with zero attached hydrogens (tertiary/aromatic N) is 4. The first kappa shape index (κ1) is 20.6. The molecule has 0 N–H and O–H groups in total. The topological polar surface area (TPSA) is 82.5 Å². The number of carbonyl (C=O) groups excluding carboxylic acids is 1. The van der Waals surface area contributed by atoms with Crippen molar-refractivity contribution in [2.24, 2.45) is 0 Å². The molecule has 7 nitrogen and oxygen atoms in total. The van der Waals surface area contributed by atoms with Gasteiger partial charge in [0.2, 0.25) is 0 Å². The van der Waals surface area contributed by atoms with E-state index in [9.17, 15) is 9.59 Å². The molecule has 0 spiro atoms. The van der Waals surface area contributed by atoms with Gasteiger partial charge in [-0.15, -0.1) is 0 Å². The summed E-state index contributed by atoms with van der Waals surface area (Å²) in [5.74, 6) is 0.764. The van der Waals surface area contributed by atoms with Crippen LogP contribution in [0.25, 0.3) is 0 Å². The standard InChI is InChI=1S/C24H24N4O3/c25-16-19-5-7-20(8-6-19)17-26-11-3-13-27(15-14-26)24(30)22-10-9-21(31-22)18-28-12-2-1-4-23(28)29/h1-2,4-10,12H,3,11,13-15,17-18H2. The van der Waals surface area contributed by atoms with Gasteiger partial charge < -0.3 is 13.9 Å². The van der Waals surface area contributed by atoms with E-state index in [2.05, 4.69) is 11.0 Å². The Labute approximate surface area is 180 Å². The lowest BCUT2D eigenvalue weighted by molar-refractivity contribution is 0.0727. The molecule has 3 heterocycles. The van der Waals surface area contributed by atoms with Crippen LogP contribution in [-0.4, -0.2) is 46.5 Å². The van der Waals surface area contributed by atoms with E-state index in [0.717, 1.165) is 31.6 Å². The van der Waals surface area contributed by atoms with E-state index >= 15 is 0 Å². The van der Waals surface area contributed by atoms with Crippen molar-refractivity contribution >= 4 is 5.91 Å². The van der Waals surface area contributed by atoms with Crippen LogP contribution in [0.2, 0.25) is 0 Å². The third-order valence-electron chi connectivity index (χ3n) is 5.46. The highest BCUT2D eigenvalue weighted by Crippen LogP contribution is 2.15. The fourth-order valence-corrected chi connectivity index (χ4v) is 3.77. The molecule has 3 aromatic rings. The van der Waals surface area contributed by atoms with Crippen LogP contribution < -0.4 is 5.56 Å². The molecular formula is C24H24N4O3. The molecule has 31 heavy (non-hydrogen) atoms. The van der Waals surface area contributed by atoms with Gasteiger partial charge in [0.25, 0.3) is 11.5 Å². The zero-order valence-electron chi connectivity index (χ0n) is 17.2. The van der Waals surface area contributed by atoms with Gasteiger partial charge in [0.15, 0.2) is 5.76 Å². The SMILES string of the molecule is N#Cc1ccc(CN2CCCN(C(=O)c3ccc(Cn4ccccc4=O)o3)CC2)cc1. The average molecular weight is 416 g/mol. The van der Waals surface area contributed by atoms with Crippen LogP contribution in [0.5, 0.6) is 0 Å². The zero-order valence-corrected chi connectivity index (χ0v) is 17.2. The van der Waals surface area contributed by atoms with Gasteiger partial charge in [0.1, 0.15) is 5.76 Å². The highest BCUT2D eigenvalue weighted by molar-refractivity contribution is 5.91. The molecular weight excluding hydrogens is 392 g/mol. The van der Waals surface area contributed by atoms with Crippen LogP contribution in [0, 0.1) is 11.3 Å². The van der Waals surface area contributed by atoms with Crippen LogP contribution in [0.15, 0.2) is 70.0 Å². The highest BCUT2D eigenvalue weighted by atomic mass is 16.4. The maximum atomic E-state index is 12.9. The van der Waals surface area contributed by atoms with E-state index in [-0.39, 0.29) is 11.5 Å². The van der Waals surface area contributed by atoms with Gasteiger partial charge in [0.05, 0.1) is 18.2 Å². The normalized spacial score (nSPS) is 14.7. The summed E-state index contributed by atoms with van der Waals surface area (Å²) in [6.07, 6.45) is 2.58. The molecule has 4 rings (SSSR count). The van der Waals surface area contributed by atoms with Crippen LogP contribution in [-0.2, 0) is 13.1 Å². The molecule has 1 saturated heterocycles. The number of pyridine rings is 1. The minimum Gasteiger partial charge on any atom is -0.454 e. The van der Waals surface area contributed by atoms with E-state index in [0.29, 0.717) is 36.7 Å². The van der Waals surface area contributed by atoms with Crippen LogP contribution in [0.3, 0.4) is 0 Å². The van der Waals surface area contributed by atoms with Crippen molar-refractivity contribution < 1.29 is 9.21 Å². The molecule has 1 aromatic carbocycles. The van der Waals surface area contributed by atoms with Gasteiger partial charge in [-0.05, 0) is 42.3 Å². The maximum absolute atomic E-state index is 12.9. The Bertz CT molecular complexity index is 1140. The van der Waals surface area contributed by atoms with Crippen molar-refractivity contribution in [2.75, 3.05) is 26.2 Å². The van der Waals surface area contributed by atoms with E-state index in [1.807, 2.05) is 29.2 Å². The molecule has 158 valence electrons. The number of nitriles is 1. The summed E-state index contributed by atoms with van der Waals surface area (Å²) >= 11 is 0. The van der Waals surface area contributed by atoms with Gasteiger partial charge in [-0.1, -0.05) is 18.2 Å². The summed E-state index contributed by atoms with van der Waals surface area (Å²) in [6, 6.07) is 18.2. The van der Waals surface area contributed by atoms with Gasteiger partial charge in [-0.2, -0.15) is 5.26 Å². The lowest BCUT2D eigenvalue weighted by Crippen LogP contribution is -2.34. The van der Waals surface area contributed by atoms with Crippen molar-refractivity contribution in [1.29, 1.82) is 5.26 Å². The first-order valence-corrected chi connectivity index (χ1v) is 10.4. The molecule has 0 unspecified atom stereocenters. The number of furan rings is 1. The molecule has 0 atom stereocenters. The second kappa shape index (κ2) is 9.45. The second-order valence-corrected chi connectivity index (χ2v) is 7.66. The largest absolute Gasteiger partial charge is 0.454 e. The number of rotatable bonds is 5. The van der Waals surface area contributed by atoms with Crippen molar-refractivity contribution in [1.82, 2.24) is 14.4 Å².